The molecule has 170 valence electrons. The van der Waals surface area contributed by atoms with Gasteiger partial charge in [0.05, 0.1) is 17.0 Å². The number of nitrogens with zero attached hydrogens (tertiary/aromatic N) is 1. The molecule has 2 heterocycles. The Hall–Kier alpha value is -4.12. The third kappa shape index (κ3) is 3.69. The normalized spacial score (nSPS) is 14.9. The predicted molar refractivity (Wildman–Crippen MR) is 132 cm³/mol. The van der Waals surface area contributed by atoms with Gasteiger partial charge < -0.3 is 14.1 Å². The molecule has 0 saturated carbocycles. The van der Waals surface area contributed by atoms with Gasteiger partial charge in [0, 0.05) is 6.54 Å². The van der Waals surface area contributed by atoms with Crippen molar-refractivity contribution >= 4 is 16.9 Å². The topological polar surface area (TPSA) is 59.8 Å². The Bertz CT molecular complexity index is 1450. The van der Waals surface area contributed by atoms with Crippen molar-refractivity contribution in [1.82, 2.24) is 4.90 Å². The summed E-state index contributed by atoms with van der Waals surface area (Å²) in [5.41, 5.74) is 4.30. The maximum atomic E-state index is 13.8. The van der Waals surface area contributed by atoms with Crippen LogP contribution >= 0.6 is 0 Å². The van der Waals surface area contributed by atoms with Crippen molar-refractivity contribution in [2.45, 2.75) is 26.4 Å². The molecule has 0 aliphatic carbocycles. The molecule has 0 fully saturated rings. The summed E-state index contributed by atoms with van der Waals surface area (Å²) in [7, 11) is 0. The summed E-state index contributed by atoms with van der Waals surface area (Å²) in [6.07, 6.45) is 1.68. The molecule has 3 aromatic carbocycles. The first-order chi connectivity index (χ1) is 16.5. The van der Waals surface area contributed by atoms with E-state index in [9.17, 15) is 9.59 Å². The molecule has 1 unspecified atom stereocenters. The molecule has 4 aromatic rings. The molecule has 5 rings (SSSR count). The van der Waals surface area contributed by atoms with E-state index in [1.165, 1.54) is 0 Å². The predicted octanol–water partition coefficient (Wildman–Crippen LogP) is 5.72. The van der Waals surface area contributed by atoms with Crippen LogP contribution in [0.5, 0.6) is 5.75 Å². The lowest BCUT2D eigenvalue weighted by atomic mass is 9.96. The number of carbonyl (C=O) groups excluding carboxylic acids is 1. The minimum Gasteiger partial charge on any atom is -0.490 e. The average molecular weight is 452 g/mol. The zero-order valence-corrected chi connectivity index (χ0v) is 19.2. The van der Waals surface area contributed by atoms with E-state index >= 15 is 0 Å². The van der Waals surface area contributed by atoms with Crippen molar-refractivity contribution in [2.24, 2.45) is 0 Å². The molecular weight excluding hydrogens is 426 g/mol. The number of carbonyl (C=O) groups is 1. The van der Waals surface area contributed by atoms with Gasteiger partial charge in [0.15, 0.2) is 5.43 Å². The number of hydrogen-bond acceptors (Lipinski definition) is 4. The van der Waals surface area contributed by atoms with E-state index in [2.05, 4.69) is 6.58 Å². The molecule has 0 saturated heterocycles. The standard InChI is InChI=1S/C29H25NO4/c1-4-14-33-22-12-10-21(11-13-22)26-25-27(31)24-19(3)15-18(2)16-23(24)34-28(25)29(32)30(26)17-20-8-6-5-7-9-20/h4-13,15-16,26H,1,14,17H2,2-3H3. The molecule has 1 aliphatic heterocycles. The summed E-state index contributed by atoms with van der Waals surface area (Å²) in [6.45, 7) is 8.28. The number of amides is 1. The van der Waals surface area contributed by atoms with E-state index in [0.717, 1.165) is 22.3 Å². The molecular formula is C29H25NO4. The van der Waals surface area contributed by atoms with Crippen LogP contribution in [0.3, 0.4) is 0 Å². The fourth-order valence-corrected chi connectivity index (χ4v) is 4.70. The average Bonchev–Trinajstić information content (AvgIpc) is 3.10. The molecule has 0 N–H and O–H groups in total. The van der Waals surface area contributed by atoms with E-state index in [1.54, 1.807) is 11.0 Å². The Morgan fingerprint density at radius 1 is 1.03 bits per heavy atom. The van der Waals surface area contributed by atoms with Gasteiger partial charge in [0.2, 0.25) is 5.76 Å². The molecule has 0 radical (unpaired) electrons. The van der Waals surface area contributed by atoms with Crippen molar-refractivity contribution in [1.29, 1.82) is 0 Å². The maximum absolute atomic E-state index is 13.8. The number of ether oxygens (including phenoxy) is 1. The minimum absolute atomic E-state index is 0.121. The van der Waals surface area contributed by atoms with Crippen LogP contribution in [0.15, 0.2) is 88.6 Å². The van der Waals surface area contributed by atoms with Gasteiger partial charge >= 0.3 is 0 Å². The van der Waals surface area contributed by atoms with Crippen molar-refractivity contribution in [3.05, 3.63) is 123 Å². The first kappa shape index (κ1) is 21.7. The highest BCUT2D eigenvalue weighted by molar-refractivity contribution is 5.99. The second-order valence-electron chi connectivity index (χ2n) is 8.62. The van der Waals surface area contributed by atoms with Crippen LogP contribution in [0.4, 0.5) is 0 Å². The van der Waals surface area contributed by atoms with Crippen molar-refractivity contribution in [3.63, 3.8) is 0 Å². The highest BCUT2D eigenvalue weighted by Crippen LogP contribution is 2.40. The Morgan fingerprint density at radius 3 is 2.47 bits per heavy atom. The van der Waals surface area contributed by atoms with Gasteiger partial charge in [-0.2, -0.15) is 0 Å². The third-order valence-corrected chi connectivity index (χ3v) is 6.17. The van der Waals surface area contributed by atoms with E-state index in [1.807, 2.05) is 80.6 Å². The lowest BCUT2D eigenvalue weighted by Crippen LogP contribution is -2.29. The van der Waals surface area contributed by atoms with Gasteiger partial charge in [-0.15, -0.1) is 0 Å². The zero-order valence-electron chi connectivity index (χ0n) is 19.2. The van der Waals surface area contributed by atoms with E-state index in [-0.39, 0.29) is 17.1 Å². The smallest absolute Gasteiger partial charge is 0.291 e. The van der Waals surface area contributed by atoms with Crippen molar-refractivity contribution in [2.75, 3.05) is 6.61 Å². The first-order valence-electron chi connectivity index (χ1n) is 11.2. The number of aryl methyl sites for hydroxylation is 2. The Balaban J connectivity index is 1.69. The highest BCUT2D eigenvalue weighted by Gasteiger charge is 2.42. The molecule has 5 heteroatoms. The summed E-state index contributed by atoms with van der Waals surface area (Å²) in [4.78, 5) is 29.1. The second kappa shape index (κ2) is 8.67. The third-order valence-electron chi connectivity index (χ3n) is 6.17. The molecule has 1 aliphatic rings. The monoisotopic (exact) mass is 451 g/mol. The van der Waals surface area contributed by atoms with E-state index < -0.39 is 6.04 Å². The van der Waals surface area contributed by atoms with Crippen LogP contribution in [0.1, 0.15) is 44.4 Å². The molecule has 1 amide bonds. The number of rotatable bonds is 6. The molecule has 0 bridgehead atoms. The number of fused-ring (bicyclic) bond motifs is 2. The van der Waals surface area contributed by atoms with Crippen LogP contribution in [0.25, 0.3) is 11.0 Å². The van der Waals surface area contributed by atoms with Crippen LogP contribution in [-0.4, -0.2) is 17.4 Å². The lowest BCUT2D eigenvalue weighted by molar-refractivity contribution is 0.0714. The second-order valence-corrected chi connectivity index (χ2v) is 8.62. The van der Waals surface area contributed by atoms with Gasteiger partial charge in [0.1, 0.15) is 17.9 Å². The summed E-state index contributed by atoms with van der Waals surface area (Å²) >= 11 is 0. The van der Waals surface area contributed by atoms with Crippen molar-refractivity contribution < 1.29 is 13.9 Å². The van der Waals surface area contributed by atoms with Crippen LogP contribution in [-0.2, 0) is 6.54 Å². The van der Waals surface area contributed by atoms with E-state index in [4.69, 9.17) is 9.15 Å². The van der Waals surface area contributed by atoms with Gasteiger partial charge in [-0.3, -0.25) is 9.59 Å². The summed E-state index contributed by atoms with van der Waals surface area (Å²) in [5.74, 6) is 0.532. The molecule has 1 aromatic heterocycles. The first-order valence-corrected chi connectivity index (χ1v) is 11.2. The van der Waals surface area contributed by atoms with Crippen LogP contribution in [0, 0.1) is 13.8 Å². The SMILES string of the molecule is C=CCOc1ccc(C2c3c(oc4cc(C)cc(C)c4c3=O)C(=O)N2Cc2ccccc2)cc1. The fraction of sp³-hybridized carbons (Fsp3) is 0.172. The summed E-state index contributed by atoms with van der Waals surface area (Å²) in [6, 6.07) is 20.5. The summed E-state index contributed by atoms with van der Waals surface area (Å²) in [5, 5.41) is 0.523. The zero-order chi connectivity index (χ0) is 23.8. The summed E-state index contributed by atoms with van der Waals surface area (Å²) < 4.78 is 11.7. The molecule has 34 heavy (non-hydrogen) atoms. The van der Waals surface area contributed by atoms with Crippen LogP contribution in [0.2, 0.25) is 0 Å². The van der Waals surface area contributed by atoms with Gasteiger partial charge in [-0.05, 0) is 54.3 Å². The fourth-order valence-electron chi connectivity index (χ4n) is 4.70. The minimum atomic E-state index is -0.558. The van der Waals surface area contributed by atoms with E-state index in [0.29, 0.717) is 35.4 Å². The van der Waals surface area contributed by atoms with Crippen molar-refractivity contribution in [3.8, 4) is 5.75 Å². The Kier molecular flexibility index (Phi) is 5.54. The maximum Gasteiger partial charge on any atom is 0.291 e. The van der Waals surface area contributed by atoms with Gasteiger partial charge in [-0.25, -0.2) is 0 Å². The number of hydrogen-bond donors (Lipinski definition) is 0. The van der Waals surface area contributed by atoms with Gasteiger partial charge in [-0.1, -0.05) is 61.2 Å². The quantitative estimate of drug-likeness (QED) is 0.352. The Morgan fingerprint density at radius 2 is 1.76 bits per heavy atom. The highest BCUT2D eigenvalue weighted by atomic mass is 16.5. The molecule has 1 atom stereocenters. The Labute approximate surface area is 197 Å². The number of benzene rings is 3. The lowest BCUT2D eigenvalue weighted by Gasteiger charge is -2.25. The molecule has 0 spiro atoms. The van der Waals surface area contributed by atoms with Gasteiger partial charge in [0.25, 0.3) is 5.91 Å². The van der Waals surface area contributed by atoms with Crippen LogP contribution < -0.4 is 10.2 Å². The largest absolute Gasteiger partial charge is 0.490 e. The molecule has 5 nitrogen and oxygen atoms in total.